The molecule has 0 radical (unpaired) electrons. The monoisotopic (exact) mass is 420 g/mol. The van der Waals surface area contributed by atoms with Gasteiger partial charge in [0.05, 0.1) is 13.2 Å². The van der Waals surface area contributed by atoms with Gasteiger partial charge in [0.1, 0.15) is 5.75 Å². The molecule has 1 aromatic rings. The van der Waals surface area contributed by atoms with Crippen molar-refractivity contribution in [3.63, 3.8) is 0 Å². The fraction of sp³-hybridized carbons (Fsp3) is 0.680. The normalized spacial score (nSPS) is 12.0. The van der Waals surface area contributed by atoms with Gasteiger partial charge in [0.15, 0.2) is 5.92 Å². The summed E-state index contributed by atoms with van der Waals surface area (Å²) in [4.78, 5) is 25.5. The Morgan fingerprint density at radius 1 is 0.967 bits per heavy atom. The van der Waals surface area contributed by atoms with E-state index in [0.717, 1.165) is 28.7 Å². The number of hydrogen-bond donors (Lipinski definition) is 1. The van der Waals surface area contributed by atoms with Gasteiger partial charge in [-0.15, -0.1) is 0 Å². The van der Waals surface area contributed by atoms with Gasteiger partial charge in [-0.25, -0.2) is 0 Å². The number of carbonyl (C=O) groups is 2. The van der Waals surface area contributed by atoms with Crippen LogP contribution in [0.1, 0.15) is 77.1 Å². The maximum atomic E-state index is 12.8. The molecule has 0 aromatic heterocycles. The first-order valence-corrected chi connectivity index (χ1v) is 11.0. The summed E-state index contributed by atoms with van der Waals surface area (Å²) in [7, 11) is 0. The smallest absolute Gasteiger partial charge is 0.320 e. The van der Waals surface area contributed by atoms with E-state index < -0.39 is 17.9 Å². The molecule has 0 atom stereocenters. The van der Waals surface area contributed by atoms with Crippen molar-refractivity contribution in [3.8, 4) is 5.75 Å². The van der Waals surface area contributed by atoms with Gasteiger partial charge in [0.25, 0.3) is 0 Å². The fourth-order valence-corrected chi connectivity index (χ4v) is 3.07. The molecule has 1 aromatic carbocycles. The lowest BCUT2D eigenvalue weighted by molar-refractivity contribution is -0.163. The molecule has 30 heavy (non-hydrogen) atoms. The van der Waals surface area contributed by atoms with Crippen molar-refractivity contribution in [1.29, 1.82) is 0 Å². The Balaban J connectivity index is 3.33. The Labute approximate surface area is 182 Å². The van der Waals surface area contributed by atoms with E-state index in [9.17, 15) is 14.7 Å². The molecule has 0 amide bonds. The number of hydrogen-bond acceptors (Lipinski definition) is 5. The number of rotatable bonds is 10. The van der Waals surface area contributed by atoms with Gasteiger partial charge in [0, 0.05) is 5.56 Å². The van der Waals surface area contributed by atoms with Crippen molar-refractivity contribution in [2.75, 3.05) is 13.2 Å². The van der Waals surface area contributed by atoms with Crippen LogP contribution in [-0.2, 0) is 30.9 Å². The number of phenolic OH excluding ortho intramolecular Hbond substituents is 1. The Kier molecular flexibility index (Phi) is 9.38. The van der Waals surface area contributed by atoms with E-state index in [4.69, 9.17) is 9.47 Å². The molecule has 0 saturated heterocycles. The van der Waals surface area contributed by atoms with Crippen molar-refractivity contribution in [3.05, 3.63) is 28.3 Å². The predicted octanol–water partition coefficient (Wildman–Crippen LogP) is 5.25. The maximum absolute atomic E-state index is 12.8. The summed E-state index contributed by atoms with van der Waals surface area (Å²) in [6.45, 7) is 18.3. The molecule has 0 aliphatic heterocycles. The van der Waals surface area contributed by atoms with E-state index in [-0.39, 0.29) is 42.6 Å². The molecule has 1 N–H and O–H groups in total. The van der Waals surface area contributed by atoms with Crippen molar-refractivity contribution in [2.45, 2.75) is 80.6 Å². The quantitative estimate of drug-likeness (QED) is 0.413. The third-order valence-corrected chi connectivity index (χ3v) is 5.70. The highest BCUT2D eigenvalue weighted by Crippen LogP contribution is 2.39. The average molecular weight is 421 g/mol. The van der Waals surface area contributed by atoms with E-state index >= 15 is 0 Å². The van der Waals surface area contributed by atoms with Crippen molar-refractivity contribution < 1.29 is 24.2 Å². The van der Waals surface area contributed by atoms with Gasteiger partial charge in [-0.2, -0.15) is 0 Å². The van der Waals surface area contributed by atoms with Gasteiger partial charge in [-0.1, -0.05) is 54.5 Å². The maximum Gasteiger partial charge on any atom is 0.320 e. The molecule has 0 spiro atoms. The highest BCUT2D eigenvalue weighted by atomic mass is 16.6. The van der Waals surface area contributed by atoms with E-state index in [2.05, 4.69) is 20.8 Å². The zero-order chi connectivity index (χ0) is 23.2. The minimum absolute atomic E-state index is 0.177. The molecule has 0 fully saturated rings. The highest BCUT2D eigenvalue weighted by Gasteiger charge is 2.33. The summed E-state index contributed by atoms with van der Waals surface area (Å²) in [5.41, 5.74) is 3.10. The highest BCUT2D eigenvalue weighted by molar-refractivity contribution is 5.95. The van der Waals surface area contributed by atoms with Gasteiger partial charge < -0.3 is 14.6 Å². The summed E-state index contributed by atoms with van der Waals surface area (Å²) in [5, 5.41) is 10.7. The number of esters is 2. The molecule has 0 unspecified atom stereocenters. The second-order valence-electron chi connectivity index (χ2n) is 9.72. The standard InChI is InChI=1S/C25H40O5/c1-10-25(8,9)21-12-19(17(6)18(7)22(21)26)11-20(23(27)29-13-15(2)3)24(28)30-14-16(4)5/h12,15-16,20,26H,10-11,13-14H2,1-9H3. The summed E-state index contributed by atoms with van der Waals surface area (Å²) in [6, 6.07) is 1.93. The third-order valence-electron chi connectivity index (χ3n) is 5.70. The van der Waals surface area contributed by atoms with Crippen LogP contribution in [-0.4, -0.2) is 30.3 Å². The van der Waals surface area contributed by atoms with E-state index in [1.165, 1.54) is 0 Å². The van der Waals surface area contributed by atoms with E-state index in [0.29, 0.717) is 0 Å². The van der Waals surface area contributed by atoms with Crippen LogP contribution in [0.15, 0.2) is 6.07 Å². The number of aromatic hydroxyl groups is 1. The van der Waals surface area contributed by atoms with Crippen LogP contribution in [0.2, 0.25) is 0 Å². The Morgan fingerprint density at radius 3 is 1.83 bits per heavy atom. The Hall–Kier alpha value is -2.04. The van der Waals surface area contributed by atoms with E-state index in [1.807, 2.05) is 47.6 Å². The molecule has 170 valence electrons. The molecule has 5 heteroatoms. The molecular formula is C25H40O5. The van der Waals surface area contributed by atoms with Crippen LogP contribution in [0.5, 0.6) is 5.75 Å². The van der Waals surface area contributed by atoms with Crippen LogP contribution in [0.3, 0.4) is 0 Å². The van der Waals surface area contributed by atoms with Crippen molar-refractivity contribution >= 4 is 11.9 Å². The molecule has 0 aliphatic carbocycles. The molecule has 0 aliphatic rings. The van der Waals surface area contributed by atoms with Crippen molar-refractivity contribution in [2.24, 2.45) is 17.8 Å². The van der Waals surface area contributed by atoms with Gasteiger partial charge in [-0.3, -0.25) is 9.59 Å². The molecule has 0 saturated carbocycles. The number of phenols is 1. The number of carbonyl (C=O) groups excluding carboxylic acids is 2. The first-order chi connectivity index (χ1) is 13.8. The summed E-state index contributed by atoms with van der Waals surface area (Å²) < 4.78 is 10.8. The van der Waals surface area contributed by atoms with Crippen molar-refractivity contribution in [1.82, 2.24) is 0 Å². The molecule has 0 bridgehead atoms. The van der Waals surface area contributed by atoms with Gasteiger partial charge in [-0.05, 0) is 60.6 Å². The first-order valence-electron chi connectivity index (χ1n) is 11.0. The minimum atomic E-state index is -1.03. The molecule has 0 heterocycles. The first kappa shape index (κ1) is 26.0. The Morgan fingerprint density at radius 2 is 1.43 bits per heavy atom. The van der Waals surface area contributed by atoms with Crippen LogP contribution >= 0.6 is 0 Å². The van der Waals surface area contributed by atoms with Gasteiger partial charge >= 0.3 is 11.9 Å². The zero-order valence-corrected chi connectivity index (χ0v) is 20.2. The van der Waals surface area contributed by atoms with Crippen LogP contribution in [0.25, 0.3) is 0 Å². The van der Waals surface area contributed by atoms with Crippen LogP contribution < -0.4 is 0 Å². The lowest BCUT2D eigenvalue weighted by Crippen LogP contribution is -2.32. The number of ether oxygens (including phenoxy) is 2. The lowest BCUT2D eigenvalue weighted by atomic mass is 9.78. The largest absolute Gasteiger partial charge is 0.507 e. The predicted molar refractivity (Wildman–Crippen MR) is 120 cm³/mol. The molecule has 1 rings (SSSR count). The Bertz CT molecular complexity index is 722. The SMILES string of the molecule is CCC(C)(C)c1cc(CC(C(=O)OCC(C)C)C(=O)OCC(C)C)c(C)c(C)c1O. The molecular weight excluding hydrogens is 380 g/mol. The molecule has 5 nitrogen and oxygen atoms in total. The van der Waals surface area contributed by atoms with E-state index in [1.54, 1.807) is 0 Å². The summed E-state index contributed by atoms with van der Waals surface area (Å²) in [6.07, 6.45) is 1.03. The van der Waals surface area contributed by atoms with Crippen LogP contribution in [0, 0.1) is 31.6 Å². The summed E-state index contributed by atoms with van der Waals surface area (Å²) >= 11 is 0. The number of benzene rings is 1. The third kappa shape index (κ3) is 6.75. The van der Waals surface area contributed by atoms with Gasteiger partial charge in [0.2, 0.25) is 0 Å². The minimum Gasteiger partial charge on any atom is -0.507 e. The lowest BCUT2D eigenvalue weighted by Gasteiger charge is -2.28. The summed E-state index contributed by atoms with van der Waals surface area (Å²) in [5.74, 6) is -1.50. The fourth-order valence-electron chi connectivity index (χ4n) is 3.07. The van der Waals surface area contributed by atoms with Crippen LogP contribution in [0.4, 0.5) is 0 Å². The second kappa shape index (κ2) is 10.8. The zero-order valence-electron chi connectivity index (χ0n) is 20.2. The second-order valence-corrected chi connectivity index (χ2v) is 9.72. The average Bonchev–Trinajstić information content (AvgIpc) is 2.67. The topological polar surface area (TPSA) is 72.8 Å².